The van der Waals surface area contributed by atoms with Gasteiger partial charge in [-0.25, -0.2) is 0 Å². The van der Waals surface area contributed by atoms with Gasteiger partial charge in [-0.1, -0.05) is 37.3 Å². The third-order valence-corrected chi connectivity index (χ3v) is 4.10. The molecule has 2 atom stereocenters. The van der Waals surface area contributed by atoms with Gasteiger partial charge in [0.15, 0.2) is 0 Å². The first kappa shape index (κ1) is 13.6. The summed E-state index contributed by atoms with van der Waals surface area (Å²) < 4.78 is 0. The molecule has 2 unspecified atom stereocenters. The fourth-order valence-electron chi connectivity index (χ4n) is 2.86. The molecule has 1 aliphatic heterocycles. The molecule has 0 radical (unpaired) electrons. The molecule has 2 heteroatoms. The molecule has 0 amide bonds. The minimum Gasteiger partial charge on any atom is -0.317 e. The van der Waals surface area contributed by atoms with Crippen molar-refractivity contribution < 1.29 is 0 Å². The van der Waals surface area contributed by atoms with E-state index in [0.29, 0.717) is 6.04 Å². The van der Waals surface area contributed by atoms with E-state index in [2.05, 4.69) is 54.4 Å². The molecule has 1 heterocycles. The maximum Gasteiger partial charge on any atom is 0.00792 e. The Labute approximate surface area is 111 Å². The molecule has 0 spiro atoms. The molecule has 1 aromatic rings. The number of benzene rings is 1. The van der Waals surface area contributed by atoms with Crippen LogP contribution in [-0.2, 0) is 0 Å². The maximum atomic E-state index is 3.42. The van der Waals surface area contributed by atoms with Gasteiger partial charge in [0.25, 0.3) is 0 Å². The lowest BCUT2D eigenvalue weighted by atomic mass is 9.99. The van der Waals surface area contributed by atoms with Crippen molar-refractivity contribution in [1.82, 2.24) is 10.2 Å². The van der Waals surface area contributed by atoms with Crippen LogP contribution in [0.2, 0.25) is 0 Å². The molecule has 0 saturated carbocycles. The molecule has 1 aromatic carbocycles. The van der Waals surface area contributed by atoms with Gasteiger partial charge in [-0.05, 0) is 50.9 Å². The molecule has 2 nitrogen and oxygen atoms in total. The van der Waals surface area contributed by atoms with Crippen molar-refractivity contribution >= 4 is 0 Å². The van der Waals surface area contributed by atoms with Crippen molar-refractivity contribution in [2.45, 2.75) is 38.6 Å². The average Bonchev–Trinajstić information content (AvgIpc) is 2.89. The fraction of sp³-hybridized carbons (Fsp3) is 0.625. The third-order valence-electron chi connectivity index (χ3n) is 4.10. The monoisotopic (exact) mass is 246 g/mol. The van der Waals surface area contributed by atoms with E-state index in [1.54, 1.807) is 0 Å². The summed E-state index contributed by atoms with van der Waals surface area (Å²) in [7, 11) is 0. The lowest BCUT2D eigenvalue weighted by Gasteiger charge is -2.24. The molecule has 0 aromatic heterocycles. The number of likely N-dealkylation sites (tertiary alicyclic amines) is 1. The highest BCUT2D eigenvalue weighted by molar-refractivity contribution is 5.21. The standard InChI is InChI=1S/C16H26N2/c1-3-17-11-9-14(2)18-12-10-16(13-18)15-7-5-4-6-8-15/h4-8,14,16-17H,3,9-13H2,1-2H3. The van der Waals surface area contributed by atoms with Crippen LogP contribution in [0.3, 0.4) is 0 Å². The van der Waals surface area contributed by atoms with Gasteiger partial charge in [0.2, 0.25) is 0 Å². The van der Waals surface area contributed by atoms with Crippen LogP contribution in [0.4, 0.5) is 0 Å². The largest absolute Gasteiger partial charge is 0.317 e. The Kier molecular flexibility index (Phi) is 5.21. The van der Waals surface area contributed by atoms with E-state index in [9.17, 15) is 0 Å². The molecule has 2 rings (SSSR count). The highest BCUT2D eigenvalue weighted by atomic mass is 15.2. The number of rotatable bonds is 6. The van der Waals surface area contributed by atoms with E-state index in [0.717, 1.165) is 19.0 Å². The van der Waals surface area contributed by atoms with Crippen molar-refractivity contribution in [3.63, 3.8) is 0 Å². The van der Waals surface area contributed by atoms with Gasteiger partial charge in [-0.15, -0.1) is 0 Å². The van der Waals surface area contributed by atoms with E-state index in [-0.39, 0.29) is 0 Å². The molecule has 1 N–H and O–H groups in total. The van der Waals surface area contributed by atoms with Crippen molar-refractivity contribution in [2.24, 2.45) is 0 Å². The fourth-order valence-corrected chi connectivity index (χ4v) is 2.86. The van der Waals surface area contributed by atoms with Crippen LogP contribution in [0.25, 0.3) is 0 Å². The van der Waals surface area contributed by atoms with Crippen LogP contribution in [0.1, 0.15) is 38.2 Å². The second-order valence-electron chi connectivity index (χ2n) is 5.38. The van der Waals surface area contributed by atoms with E-state index in [4.69, 9.17) is 0 Å². The van der Waals surface area contributed by atoms with Crippen molar-refractivity contribution in [2.75, 3.05) is 26.2 Å². The molecule has 18 heavy (non-hydrogen) atoms. The molecule has 0 aliphatic carbocycles. The molecule has 1 aliphatic rings. The third kappa shape index (κ3) is 3.56. The topological polar surface area (TPSA) is 15.3 Å². The minimum absolute atomic E-state index is 0.706. The summed E-state index contributed by atoms with van der Waals surface area (Å²) in [5.41, 5.74) is 1.51. The van der Waals surface area contributed by atoms with Gasteiger partial charge in [0, 0.05) is 12.6 Å². The Morgan fingerprint density at radius 2 is 2.11 bits per heavy atom. The number of hydrogen-bond donors (Lipinski definition) is 1. The van der Waals surface area contributed by atoms with Crippen LogP contribution in [-0.4, -0.2) is 37.1 Å². The van der Waals surface area contributed by atoms with Gasteiger partial charge in [-0.2, -0.15) is 0 Å². The molecule has 1 fully saturated rings. The van der Waals surface area contributed by atoms with Crippen LogP contribution in [0, 0.1) is 0 Å². The summed E-state index contributed by atoms with van der Waals surface area (Å²) in [4.78, 5) is 2.65. The Morgan fingerprint density at radius 1 is 1.33 bits per heavy atom. The Bertz CT molecular complexity index is 336. The van der Waals surface area contributed by atoms with E-state index < -0.39 is 0 Å². The number of nitrogens with one attached hydrogen (secondary N) is 1. The molecular formula is C16H26N2. The zero-order valence-electron chi connectivity index (χ0n) is 11.7. The zero-order valence-corrected chi connectivity index (χ0v) is 11.7. The van der Waals surface area contributed by atoms with Gasteiger partial charge >= 0.3 is 0 Å². The van der Waals surface area contributed by atoms with Crippen LogP contribution >= 0.6 is 0 Å². The molecule has 0 bridgehead atoms. The molecular weight excluding hydrogens is 220 g/mol. The molecule has 1 saturated heterocycles. The first-order valence-electron chi connectivity index (χ1n) is 7.31. The smallest absolute Gasteiger partial charge is 0.00792 e. The lowest BCUT2D eigenvalue weighted by Crippen LogP contribution is -2.33. The van der Waals surface area contributed by atoms with Crippen LogP contribution in [0.15, 0.2) is 30.3 Å². The van der Waals surface area contributed by atoms with Crippen molar-refractivity contribution in [3.05, 3.63) is 35.9 Å². The summed E-state index contributed by atoms with van der Waals surface area (Å²) >= 11 is 0. The quantitative estimate of drug-likeness (QED) is 0.777. The average molecular weight is 246 g/mol. The van der Waals surface area contributed by atoms with Gasteiger partial charge in [0.05, 0.1) is 0 Å². The Hall–Kier alpha value is -0.860. The van der Waals surface area contributed by atoms with E-state index in [1.807, 2.05) is 0 Å². The lowest BCUT2D eigenvalue weighted by molar-refractivity contribution is 0.243. The van der Waals surface area contributed by atoms with Crippen LogP contribution < -0.4 is 5.32 Å². The zero-order chi connectivity index (χ0) is 12.8. The second kappa shape index (κ2) is 6.91. The van der Waals surface area contributed by atoms with E-state index in [1.165, 1.54) is 31.5 Å². The van der Waals surface area contributed by atoms with E-state index >= 15 is 0 Å². The Morgan fingerprint density at radius 3 is 2.83 bits per heavy atom. The first-order chi connectivity index (χ1) is 8.81. The molecule has 100 valence electrons. The summed E-state index contributed by atoms with van der Waals surface area (Å²) in [5, 5.41) is 3.42. The predicted molar refractivity (Wildman–Crippen MR) is 78.0 cm³/mol. The highest BCUT2D eigenvalue weighted by Crippen LogP contribution is 2.28. The minimum atomic E-state index is 0.706. The van der Waals surface area contributed by atoms with Gasteiger partial charge < -0.3 is 5.32 Å². The first-order valence-corrected chi connectivity index (χ1v) is 7.31. The predicted octanol–water partition coefficient (Wildman–Crippen LogP) is 2.86. The number of hydrogen-bond acceptors (Lipinski definition) is 2. The maximum absolute atomic E-state index is 3.42. The second-order valence-corrected chi connectivity index (χ2v) is 5.38. The summed E-state index contributed by atoms with van der Waals surface area (Å²) in [5.74, 6) is 0.743. The summed E-state index contributed by atoms with van der Waals surface area (Å²) in [6.07, 6.45) is 2.57. The highest BCUT2D eigenvalue weighted by Gasteiger charge is 2.26. The Balaban J connectivity index is 1.81. The van der Waals surface area contributed by atoms with Crippen molar-refractivity contribution in [3.8, 4) is 0 Å². The van der Waals surface area contributed by atoms with Crippen molar-refractivity contribution in [1.29, 1.82) is 0 Å². The SMILES string of the molecule is CCNCCC(C)N1CCC(c2ccccc2)C1. The summed E-state index contributed by atoms with van der Waals surface area (Å²) in [6.45, 7) is 9.25. The normalized spacial score (nSPS) is 22.2. The van der Waals surface area contributed by atoms with Crippen LogP contribution in [0.5, 0.6) is 0 Å². The van der Waals surface area contributed by atoms with Gasteiger partial charge in [0.1, 0.15) is 0 Å². The van der Waals surface area contributed by atoms with Gasteiger partial charge in [-0.3, -0.25) is 4.90 Å². The number of nitrogens with zero attached hydrogens (tertiary/aromatic N) is 1. The summed E-state index contributed by atoms with van der Waals surface area (Å²) in [6, 6.07) is 11.7.